The molecule has 0 saturated carbocycles. The number of carbonyl (C=O) groups excluding carboxylic acids is 2. The van der Waals surface area contributed by atoms with E-state index in [4.69, 9.17) is 0 Å². The van der Waals surface area contributed by atoms with Crippen molar-refractivity contribution in [2.24, 2.45) is 0 Å². The molecule has 1 heterocycles. The molecule has 28 heavy (non-hydrogen) atoms. The van der Waals surface area contributed by atoms with Gasteiger partial charge in [-0.05, 0) is 36.8 Å². The van der Waals surface area contributed by atoms with Gasteiger partial charge in [0, 0.05) is 50.2 Å². The number of anilines is 1. The number of rotatable bonds is 6. The summed E-state index contributed by atoms with van der Waals surface area (Å²) < 4.78 is 0. The van der Waals surface area contributed by atoms with Crippen molar-refractivity contribution in [3.8, 4) is 0 Å². The van der Waals surface area contributed by atoms with Crippen LogP contribution in [0.2, 0.25) is 0 Å². The van der Waals surface area contributed by atoms with Crippen molar-refractivity contribution < 1.29 is 9.59 Å². The Labute approximate surface area is 171 Å². The van der Waals surface area contributed by atoms with Crippen LogP contribution in [0.1, 0.15) is 19.4 Å². The van der Waals surface area contributed by atoms with Gasteiger partial charge < -0.3 is 10.2 Å². The Hall–Kier alpha value is -2.31. The van der Waals surface area contributed by atoms with E-state index in [1.54, 1.807) is 11.8 Å². The lowest BCUT2D eigenvalue weighted by molar-refractivity contribution is -0.132. The molecule has 0 aliphatic carbocycles. The van der Waals surface area contributed by atoms with Gasteiger partial charge in [-0.3, -0.25) is 14.5 Å². The fraction of sp³-hybridized carbons (Fsp3) is 0.364. The number of hydrogen-bond donors (Lipinski definition) is 1. The Kier molecular flexibility index (Phi) is 7.12. The molecule has 0 radical (unpaired) electrons. The molecule has 1 unspecified atom stereocenters. The van der Waals surface area contributed by atoms with Crippen LogP contribution in [0.4, 0.5) is 5.69 Å². The summed E-state index contributed by atoms with van der Waals surface area (Å²) in [5, 5.41) is 2.62. The standard InChI is InChI=1S/C22H27N3O2S/c1-17(28-21-10-8-20(9-11-21)23-18(2)26)22(27)25-14-12-24(13-15-25)16-19-6-4-3-5-7-19/h3-11,17H,12-16H2,1-2H3,(H,23,26). The third-order valence-electron chi connectivity index (χ3n) is 4.77. The number of hydrogen-bond acceptors (Lipinski definition) is 4. The highest BCUT2D eigenvalue weighted by Crippen LogP contribution is 2.26. The smallest absolute Gasteiger partial charge is 0.235 e. The molecule has 148 valence electrons. The fourth-order valence-electron chi connectivity index (χ4n) is 3.30. The van der Waals surface area contributed by atoms with E-state index in [0.29, 0.717) is 0 Å². The third kappa shape index (κ3) is 5.84. The second kappa shape index (κ2) is 9.75. The zero-order valence-corrected chi connectivity index (χ0v) is 17.2. The van der Waals surface area contributed by atoms with Gasteiger partial charge in [0.2, 0.25) is 11.8 Å². The van der Waals surface area contributed by atoms with E-state index in [-0.39, 0.29) is 17.1 Å². The van der Waals surface area contributed by atoms with Gasteiger partial charge in [-0.1, -0.05) is 30.3 Å². The van der Waals surface area contributed by atoms with E-state index in [0.717, 1.165) is 43.3 Å². The lowest BCUT2D eigenvalue weighted by Gasteiger charge is -2.35. The van der Waals surface area contributed by atoms with Crippen LogP contribution in [0, 0.1) is 0 Å². The summed E-state index contributed by atoms with van der Waals surface area (Å²) in [6, 6.07) is 18.1. The van der Waals surface area contributed by atoms with Crippen molar-refractivity contribution >= 4 is 29.3 Å². The molecule has 6 heteroatoms. The average molecular weight is 398 g/mol. The Morgan fingerprint density at radius 1 is 1.00 bits per heavy atom. The number of thioether (sulfide) groups is 1. The fourth-order valence-corrected chi connectivity index (χ4v) is 4.25. The maximum absolute atomic E-state index is 12.8. The first-order chi connectivity index (χ1) is 13.5. The first kappa shape index (κ1) is 20.4. The van der Waals surface area contributed by atoms with Crippen LogP contribution in [0.5, 0.6) is 0 Å². The quantitative estimate of drug-likeness (QED) is 0.759. The summed E-state index contributed by atoms with van der Waals surface area (Å²) in [7, 11) is 0. The normalized spacial score (nSPS) is 15.9. The Bertz CT molecular complexity index is 787. The molecule has 0 spiro atoms. The summed E-state index contributed by atoms with van der Waals surface area (Å²) >= 11 is 1.56. The number of nitrogens with zero attached hydrogens (tertiary/aromatic N) is 2. The van der Waals surface area contributed by atoms with E-state index in [1.807, 2.05) is 42.2 Å². The molecule has 1 aliphatic rings. The summed E-state index contributed by atoms with van der Waals surface area (Å²) in [6.45, 7) is 7.75. The molecular weight excluding hydrogens is 370 g/mol. The zero-order chi connectivity index (χ0) is 19.9. The van der Waals surface area contributed by atoms with Crippen LogP contribution in [-0.2, 0) is 16.1 Å². The molecule has 5 nitrogen and oxygen atoms in total. The number of carbonyl (C=O) groups is 2. The molecule has 2 aromatic rings. The van der Waals surface area contributed by atoms with Crippen LogP contribution in [0.25, 0.3) is 0 Å². The van der Waals surface area contributed by atoms with E-state index in [2.05, 4.69) is 34.5 Å². The summed E-state index contributed by atoms with van der Waals surface area (Å²) in [5.41, 5.74) is 2.08. The van der Waals surface area contributed by atoms with Gasteiger partial charge in [-0.2, -0.15) is 0 Å². The van der Waals surface area contributed by atoms with Crippen molar-refractivity contribution in [1.29, 1.82) is 0 Å². The topological polar surface area (TPSA) is 52.7 Å². The van der Waals surface area contributed by atoms with Gasteiger partial charge in [0.25, 0.3) is 0 Å². The monoisotopic (exact) mass is 397 g/mol. The predicted octanol–water partition coefficient (Wildman–Crippen LogP) is 3.47. The molecule has 0 aromatic heterocycles. The Morgan fingerprint density at radius 2 is 1.64 bits per heavy atom. The Morgan fingerprint density at radius 3 is 2.25 bits per heavy atom. The molecule has 1 aliphatic heterocycles. The van der Waals surface area contributed by atoms with E-state index >= 15 is 0 Å². The van der Waals surface area contributed by atoms with E-state index in [9.17, 15) is 9.59 Å². The molecule has 0 bridgehead atoms. The van der Waals surface area contributed by atoms with Crippen molar-refractivity contribution in [2.75, 3.05) is 31.5 Å². The molecular formula is C22H27N3O2S. The minimum atomic E-state index is -0.132. The van der Waals surface area contributed by atoms with Gasteiger partial charge in [0.15, 0.2) is 0 Å². The van der Waals surface area contributed by atoms with Gasteiger partial charge in [-0.25, -0.2) is 0 Å². The van der Waals surface area contributed by atoms with Gasteiger partial charge in [-0.15, -0.1) is 11.8 Å². The predicted molar refractivity (Wildman–Crippen MR) is 114 cm³/mol. The average Bonchev–Trinajstić information content (AvgIpc) is 2.70. The highest BCUT2D eigenvalue weighted by atomic mass is 32.2. The maximum Gasteiger partial charge on any atom is 0.235 e. The molecule has 2 aromatic carbocycles. The van der Waals surface area contributed by atoms with Crippen LogP contribution in [0.3, 0.4) is 0 Å². The van der Waals surface area contributed by atoms with Crippen molar-refractivity contribution in [2.45, 2.75) is 30.5 Å². The van der Waals surface area contributed by atoms with E-state index < -0.39 is 0 Å². The van der Waals surface area contributed by atoms with Crippen LogP contribution >= 0.6 is 11.8 Å². The van der Waals surface area contributed by atoms with Crippen LogP contribution in [-0.4, -0.2) is 53.0 Å². The van der Waals surface area contributed by atoms with Crippen LogP contribution in [0.15, 0.2) is 59.5 Å². The van der Waals surface area contributed by atoms with Gasteiger partial charge in [0.1, 0.15) is 0 Å². The number of nitrogens with one attached hydrogen (secondary N) is 1. The largest absolute Gasteiger partial charge is 0.339 e. The minimum absolute atomic E-state index is 0.0876. The lowest BCUT2D eigenvalue weighted by Crippen LogP contribution is -2.50. The molecule has 2 amide bonds. The van der Waals surface area contributed by atoms with Crippen LogP contribution < -0.4 is 5.32 Å². The second-order valence-electron chi connectivity index (χ2n) is 7.05. The third-order valence-corrected chi connectivity index (χ3v) is 5.87. The summed E-state index contributed by atoms with van der Waals surface area (Å²) in [5.74, 6) is 0.102. The van der Waals surface area contributed by atoms with E-state index in [1.165, 1.54) is 12.5 Å². The van der Waals surface area contributed by atoms with Crippen molar-refractivity contribution in [3.05, 3.63) is 60.2 Å². The minimum Gasteiger partial charge on any atom is -0.339 e. The van der Waals surface area contributed by atoms with Crippen molar-refractivity contribution in [3.63, 3.8) is 0 Å². The first-order valence-electron chi connectivity index (χ1n) is 9.60. The zero-order valence-electron chi connectivity index (χ0n) is 16.4. The summed E-state index contributed by atoms with van der Waals surface area (Å²) in [4.78, 5) is 29.3. The molecule has 1 fully saturated rings. The lowest BCUT2D eigenvalue weighted by atomic mass is 10.2. The number of amides is 2. The first-order valence-corrected chi connectivity index (χ1v) is 10.5. The molecule has 1 atom stereocenters. The van der Waals surface area contributed by atoms with Crippen molar-refractivity contribution in [1.82, 2.24) is 9.80 Å². The highest BCUT2D eigenvalue weighted by Gasteiger charge is 2.25. The number of piperazine rings is 1. The SMILES string of the molecule is CC(=O)Nc1ccc(SC(C)C(=O)N2CCN(Cc3ccccc3)CC2)cc1. The number of benzene rings is 2. The maximum atomic E-state index is 12.8. The van der Waals surface area contributed by atoms with Gasteiger partial charge in [0.05, 0.1) is 5.25 Å². The second-order valence-corrected chi connectivity index (χ2v) is 8.47. The Balaban J connectivity index is 1.47. The summed E-state index contributed by atoms with van der Waals surface area (Å²) in [6.07, 6.45) is 0. The molecule has 1 saturated heterocycles. The van der Waals surface area contributed by atoms with Gasteiger partial charge >= 0.3 is 0 Å². The molecule has 1 N–H and O–H groups in total. The molecule has 3 rings (SSSR count). The highest BCUT2D eigenvalue weighted by molar-refractivity contribution is 8.00.